The van der Waals surface area contributed by atoms with E-state index in [1.54, 1.807) is 26.8 Å². The molecule has 178 valence electrons. The first-order valence-corrected chi connectivity index (χ1v) is 11.5. The lowest BCUT2D eigenvalue weighted by Gasteiger charge is -2.27. The molecule has 0 N–H and O–H groups in total. The van der Waals surface area contributed by atoms with Crippen molar-refractivity contribution < 1.29 is 28.6 Å². The number of aryl methyl sites for hydroxylation is 1. The van der Waals surface area contributed by atoms with Crippen LogP contribution >= 0.6 is 0 Å². The zero-order chi connectivity index (χ0) is 24.5. The molecule has 1 unspecified atom stereocenters. The molecule has 4 bridgehead atoms. The van der Waals surface area contributed by atoms with Crippen LogP contribution in [0, 0.1) is 12.3 Å². The number of aromatic nitrogens is 2. The Hall–Kier alpha value is -3.68. The average Bonchev–Trinajstić information content (AvgIpc) is 3.21. The maximum atomic E-state index is 13.1. The molecule has 1 aliphatic rings. The predicted octanol–water partition coefficient (Wildman–Crippen LogP) is 3.51. The lowest BCUT2D eigenvalue weighted by atomic mass is 9.80. The van der Waals surface area contributed by atoms with Gasteiger partial charge in [0.1, 0.15) is 5.82 Å². The van der Waals surface area contributed by atoms with Gasteiger partial charge in [-0.25, -0.2) is 4.98 Å². The van der Waals surface area contributed by atoms with Crippen molar-refractivity contribution in [2.75, 3.05) is 19.8 Å². The van der Waals surface area contributed by atoms with E-state index in [0.29, 0.717) is 5.56 Å². The molecule has 1 atom stereocenters. The highest BCUT2D eigenvalue weighted by molar-refractivity contribution is 6.18. The van der Waals surface area contributed by atoms with E-state index in [-0.39, 0.29) is 32.3 Å². The second-order valence-corrected chi connectivity index (χ2v) is 8.14. The Morgan fingerprint density at radius 3 is 2.06 bits per heavy atom. The van der Waals surface area contributed by atoms with Crippen LogP contribution in [0.2, 0.25) is 0 Å². The quantitative estimate of drug-likeness (QED) is 0.212. The van der Waals surface area contributed by atoms with Gasteiger partial charge in [-0.1, -0.05) is 36.4 Å². The number of nitrogens with zero attached hydrogens (tertiary/aromatic N) is 2. The van der Waals surface area contributed by atoms with Gasteiger partial charge in [-0.15, -0.1) is 0 Å². The zero-order valence-electron chi connectivity index (χ0n) is 19.8. The van der Waals surface area contributed by atoms with Gasteiger partial charge >= 0.3 is 17.9 Å². The minimum absolute atomic E-state index is 0.00740. The molecule has 4 rings (SSSR count). The first-order chi connectivity index (χ1) is 16.4. The van der Waals surface area contributed by atoms with E-state index in [4.69, 9.17) is 14.2 Å². The van der Waals surface area contributed by atoms with Crippen molar-refractivity contribution in [2.45, 2.75) is 40.2 Å². The number of ether oxygens (including phenoxy) is 3. The highest BCUT2D eigenvalue weighted by Crippen LogP contribution is 2.41. The summed E-state index contributed by atoms with van der Waals surface area (Å²) in [6.07, 6.45) is -0.235. The standard InChI is InChI=1S/C26H28N2O6/c1-5-32-23(29)26(24(30)33-6-2,25(31)34-7-3)15-17-10-8-11-18(14-17)22-19-12-9-13-20-21(19)27-16(4)28(20)22/h8-14,22H,5-7,15H2,1-4H3. The topological polar surface area (TPSA) is 96.7 Å². The lowest BCUT2D eigenvalue weighted by Crippen LogP contribution is -2.51. The number of carbonyl (C=O) groups excluding carboxylic acids is 3. The Labute approximate surface area is 197 Å². The van der Waals surface area contributed by atoms with Gasteiger partial charge in [-0.2, -0.15) is 0 Å². The first-order valence-electron chi connectivity index (χ1n) is 11.5. The molecule has 1 aromatic heterocycles. The highest BCUT2D eigenvalue weighted by atomic mass is 16.6. The summed E-state index contributed by atoms with van der Waals surface area (Å²) in [5.41, 5.74) is 2.45. The number of esters is 3. The van der Waals surface area contributed by atoms with Crippen molar-refractivity contribution in [1.82, 2.24) is 9.55 Å². The SMILES string of the molecule is CCOC(=O)C(Cc1cccc(C2c3cccc4c3nc(C)n42)c1)(C(=O)OCC)C(=O)OCC. The van der Waals surface area contributed by atoms with Crippen LogP contribution in [-0.2, 0) is 35.0 Å². The van der Waals surface area contributed by atoms with Crippen LogP contribution in [0.3, 0.4) is 0 Å². The summed E-state index contributed by atoms with van der Waals surface area (Å²) in [7, 11) is 0. The third kappa shape index (κ3) is 3.63. The van der Waals surface area contributed by atoms with Gasteiger partial charge in [0.05, 0.1) is 36.9 Å². The number of rotatable bonds is 9. The molecule has 34 heavy (non-hydrogen) atoms. The van der Waals surface area contributed by atoms with Crippen LogP contribution in [0.5, 0.6) is 0 Å². The van der Waals surface area contributed by atoms with Crippen molar-refractivity contribution in [2.24, 2.45) is 5.41 Å². The van der Waals surface area contributed by atoms with Gasteiger partial charge in [0.2, 0.25) is 0 Å². The molecule has 0 saturated carbocycles. The maximum Gasteiger partial charge on any atom is 0.335 e. The van der Waals surface area contributed by atoms with E-state index in [9.17, 15) is 14.4 Å². The van der Waals surface area contributed by atoms with Crippen LogP contribution in [0.15, 0.2) is 42.5 Å². The summed E-state index contributed by atoms with van der Waals surface area (Å²) in [6.45, 7) is 6.83. The molecule has 1 aliphatic heterocycles. The molecule has 8 heteroatoms. The van der Waals surface area contributed by atoms with E-state index in [1.807, 2.05) is 43.3 Å². The Kier molecular flexibility index (Phi) is 6.41. The predicted molar refractivity (Wildman–Crippen MR) is 124 cm³/mol. The van der Waals surface area contributed by atoms with E-state index in [0.717, 1.165) is 28.0 Å². The fraction of sp³-hybridized carbons (Fsp3) is 0.385. The third-order valence-electron chi connectivity index (χ3n) is 6.09. The van der Waals surface area contributed by atoms with E-state index >= 15 is 0 Å². The summed E-state index contributed by atoms with van der Waals surface area (Å²) in [4.78, 5) is 43.9. The highest BCUT2D eigenvalue weighted by Gasteiger charge is 2.57. The molecule has 0 aliphatic carbocycles. The van der Waals surface area contributed by atoms with E-state index in [1.165, 1.54) is 0 Å². The Morgan fingerprint density at radius 2 is 1.50 bits per heavy atom. The summed E-state index contributed by atoms with van der Waals surface area (Å²) >= 11 is 0. The van der Waals surface area contributed by atoms with E-state index in [2.05, 4.69) is 9.55 Å². The normalized spacial score (nSPS) is 14.4. The van der Waals surface area contributed by atoms with Gasteiger partial charge < -0.3 is 18.8 Å². The van der Waals surface area contributed by atoms with Gasteiger partial charge in [-0.3, -0.25) is 14.4 Å². The van der Waals surface area contributed by atoms with Crippen molar-refractivity contribution in [1.29, 1.82) is 0 Å². The number of imidazole rings is 1. The van der Waals surface area contributed by atoms with Crippen LogP contribution in [-0.4, -0.2) is 47.3 Å². The molecule has 2 aromatic carbocycles. The fourth-order valence-electron chi connectivity index (χ4n) is 4.68. The number of para-hydroxylation sites is 1. The van der Waals surface area contributed by atoms with Crippen molar-refractivity contribution in [3.8, 4) is 0 Å². The van der Waals surface area contributed by atoms with Crippen LogP contribution in [0.1, 0.15) is 49.3 Å². The van der Waals surface area contributed by atoms with Gasteiger partial charge in [0, 0.05) is 12.0 Å². The van der Waals surface area contributed by atoms with Crippen LogP contribution in [0.25, 0.3) is 11.0 Å². The van der Waals surface area contributed by atoms with Crippen LogP contribution in [0.4, 0.5) is 0 Å². The largest absolute Gasteiger partial charge is 0.465 e. The fourth-order valence-corrected chi connectivity index (χ4v) is 4.68. The zero-order valence-corrected chi connectivity index (χ0v) is 19.8. The third-order valence-corrected chi connectivity index (χ3v) is 6.09. The molecule has 0 fully saturated rings. The van der Waals surface area contributed by atoms with Gasteiger partial charge in [-0.05, 0) is 44.9 Å². The van der Waals surface area contributed by atoms with E-state index < -0.39 is 23.3 Å². The maximum absolute atomic E-state index is 13.1. The average molecular weight is 465 g/mol. The number of hydrogen-bond donors (Lipinski definition) is 0. The number of benzene rings is 2. The number of hydrogen-bond acceptors (Lipinski definition) is 7. The minimum atomic E-state index is -2.24. The lowest BCUT2D eigenvalue weighted by molar-refractivity contribution is -0.183. The molecule has 0 radical (unpaired) electrons. The van der Waals surface area contributed by atoms with Crippen molar-refractivity contribution in [3.05, 3.63) is 65.0 Å². The smallest absolute Gasteiger partial charge is 0.335 e. The second kappa shape index (κ2) is 9.29. The second-order valence-electron chi connectivity index (χ2n) is 8.14. The molecule has 8 nitrogen and oxygen atoms in total. The summed E-state index contributed by atoms with van der Waals surface area (Å²) in [5, 5.41) is 0. The molecule has 3 aromatic rings. The molecule has 2 heterocycles. The van der Waals surface area contributed by atoms with Gasteiger partial charge in [0.15, 0.2) is 0 Å². The van der Waals surface area contributed by atoms with Crippen molar-refractivity contribution in [3.63, 3.8) is 0 Å². The Balaban J connectivity index is 1.77. The van der Waals surface area contributed by atoms with Gasteiger partial charge in [0.25, 0.3) is 5.41 Å². The molecule has 0 amide bonds. The number of carbonyl (C=O) groups is 3. The van der Waals surface area contributed by atoms with Crippen LogP contribution < -0.4 is 0 Å². The summed E-state index contributed by atoms with van der Waals surface area (Å²) in [5.74, 6) is -2.02. The summed E-state index contributed by atoms with van der Waals surface area (Å²) in [6, 6.07) is 13.5. The van der Waals surface area contributed by atoms with Crippen molar-refractivity contribution >= 4 is 28.9 Å². The molecule has 0 saturated heterocycles. The summed E-state index contributed by atoms with van der Waals surface area (Å²) < 4.78 is 17.7. The Morgan fingerprint density at radius 1 is 0.912 bits per heavy atom. The first kappa shape index (κ1) is 23.5. The molecular weight excluding hydrogens is 436 g/mol. The molecular formula is C26H28N2O6. The molecule has 0 spiro atoms. The minimum Gasteiger partial charge on any atom is -0.465 e. The Bertz CT molecular complexity index is 1220. The monoisotopic (exact) mass is 464 g/mol.